The molecule has 0 spiro atoms. The summed E-state index contributed by atoms with van der Waals surface area (Å²) in [4.78, 5) is 2.60. The van der Waals surface area contributed by atoms with E-state index in [0.717, 1.165) is 24.8 Å². The van der Waals surface area contributed by atoms with Gasteiger partial charge in [0.1, 0.15) is 0 Å². The largest absolute Gasteiger partial charge is 0.329 e. The van der Waals surface area contributed by atoms with Gasteiger partial charge < -0.3 is 5.73 Å². The van der Waals surface area contributed by atoms with Crippen molar-refractivity contribution in [2.24, 2.45) is 17.6 Å². The second-order valence-electron chi connectivity index (χ2n) is 5.98. The van der Waals surface area contributed by atoms with Crippen LogP contribution >= 0.6 is 0 Å². The van der Waals surface area contributed by atoms with E-state index in [0.29, 0.717) is 6.04 Å². The number of piperidine rings is 1. The molecule has 3 atom stereocenters. The molecule has 1 fully saturated rings. The predicted molar refractivity (Wildman–Crippen MR) is 77.5 cm³/mol. The van der Waals surface area contributed by atoms with Crippen LogP contribution in [0.25, 0.3) is 0 Å². The fourth-order valence-corrected chi connectivity index (χ4v) is 3.26. The number of likely N-dealkylation sites (tertiary alicyclic amines) is 1. The first-order valence-electron chi connectivity index (χ1n) is 7.17. The van der Waals surface area contributed by atoms with Gasteiger partial charge in [-0.1, -0.05) is 44.2 Å². The van der Waals surface area contributed by atoms with Crippen molar-refractivity contribution in [2.45, 2.75) is 32.7 Å². The van der Waals surface area contributed by atoms with Crippen LogP contribution < -0.4 is 5.73 Å². The van der Waals surface area contributed by atoms with Crippen molar-refractivity contribution in [1.29, 1.82) is 0 Å². The Balaban J connectivity index is 2.00. The zero-order valence-electron chi connectivity index (χ0n) is 11.7. The van der Waals surface area contributed by atoms with Crippen molar-refractivity contribution >= 4 is 0 Å². The van der Waals surface area contributed by atoms with Gasteiger partial charge in [-0.25, -0.2) is 0 Å². The van der Waals surface area contributed by atoms with Gasteiger partial charge in [-0.3, -0.25) is 4.90 Å². The molecular formula is C16H26N2. The van der Waals surface area contributed by atoms with Crippen LogP contribution in [0.15, 0.2) is 30.3 Å². The number of rotatable bonds is 4. The van der Waals surface area contributed by atoms with Gasteiger partial charge in [0.2, 0.25) is 0 Å². The molecule has 1 aromatic rings. The van der Waals surface area contributed by atoms with E-state index in [1.54, 1.807) is 0 Å². The molecule has 2 heteroatoms. The highest BCUT2D eigenvalue weighted by Crippen LogP contribution is 2.23. The Morgan fingerprint density at radius 3 is 2.33 bits per heavy atom. The molecule has 1 aliphatic rings. The van der Waals surface area contributed by atoms with Gasteiger partial charge in [-0.2, -0.15) is 0 Å². The molecule has 1 aromatic carbocycles. The summed E-state index contributed by atoms with van der Waals surface area (Å²) in [5, 5.41) is 0. The minimum Gasteiger partial charge on any atom is -0.329 e. The maximum absolute atomic E-state index is 6.00. The highest BCUT2D eigenvalue weighted by Gasteiger charge is 2.26. The normalized spacial score (nSPS) is 27.1. The quantitative estimate of drug-likeness (QED) is 0.884. The Morgan fingerprint density at radius 2 is 1.78 bits per heavy atom. The minimum atomic E-state index is 0.498. The van der Waals surface area contributed by atoms with E-state index in [2.05, 4.69) is 49.1 Å². The Bertz CT molecular complexity index is 339. The van der Waals surface area contributed by atoms with E-state index in [1.807, 2.05) is 0 Å². The zero-order chi connectivity index (χ0) is 13.0. The minimum absolute atomic E-state index is 0.498. The van der Waals surface area contributed by atoms with Crippen LogP contribution in [0, 0.1) is 11.8 Å². The maximum atomic E-state index is 6.00. The Kier molecular flexibility index (Phi) is 4.79. The lowest BCUT2D eigenvalue weighted by Crippen LogP contribution is -2.49. The number of hydrogen-bond acceptors (Lipinski definition) is 2. The van der Waals surface area contributed by atoms with Crippen LogP contribution in [-0.4, -0.2) is 30.6 Å². The van der Waals surface area contributed by atoms with Crippen LogP contribution in [0.4, 0.5) is 0 Å². The lowest BCUT2D eigenvalue weighted by atomic mass is 9.90. The van der Waals surface area contributed by atoms with Crippen LogP contribution in [0.5, 0.6) is 0 Å². The van der Waals surface area contributed by atoms with E-state index in [4.69, 9.17) is 5.73 Å². The third kappa shape index (κ3) is 3.56. The number of nitrogens with two attached hydrogens (primary N) is 1. The van der Waals surface area contributed by atoms with Crippen LogP contribution in [0.2, 0.25) is 0 Å². The third-order valence-electron chi connectivity index (χ3n) is 4.00. The standard InChI is InChI=1S/C16H26N2/c1-13-8-14(2)12-18(11-13)16(10-17)9-15-6-4-3-5-7-15/h3-7,13-14,16H,8-12,17H2,1-2H3. The number of benzene rings is 1. The summed E-state index contributed by atoms with van der Waals surface area (Å²) in [6, 6.07) is 11.2. The first-order chi connectivity index (χ1) is 8.69. The first kappa shape index (κ1) is 13.6. The summed E-state index contributed by atoms with van der Waals surface area (Å²) in [6.07, 6.45) is 2.44. The van der Waals surface area contributed by atoms with E-state index < -0.39 is 0 Å². The van der Waals surface area contributed by atoms with Crippen LogP contribution in [-0.2, 0) is 6.42 Å². The van der Waals surface area contributed by atoms with Gasteiger partial charge in [0.05, 0.1) is 0 Å². The summed E-state index contributed by atoms with van der Waals surface area (Å²) >= 11 is 0. The molecule has 0 radical (unpaired) electrons. The zero-order valence-corrected chi connectivity index (χ0v) is 11.7. The average Bonchev–Trinajstić information content (AvgIpc) is 2.36. The van der Waals surface area contributed by atoms with Crippen molar-refractivity contribution in [2.75, 3.05) is 19.6 Å². The molecule has 0 aromatic heterocycles. The van der Waals surface area contributed by atoms with E-state index in [-0.39, 0.29) is 0 Å². The summed E-state index contributed by atoms with van der Waals surface area (Å²) in [7, 11) is 0. The molecule has 2 N–H and O–H groups in total. The highest BCUT2D eigenvalue weighted by molar-refractivity contribution is 5.16. The van der Waals surface area contributed by atoms with Crippen molar-refractivity contribution in [1.82, 2.24) is 4.90 Å². The maximum Gasteiger partial charge on any atom is 0.0258 e. The molecule has 2 rings (SSSR count). The molecule has 1 heterocycles. The van der Waals surface area contributed by atoms with E-state index in [9.17, 15) is 0 Å². The fourth-order valence-electron chi connectivity index (χ4n) is 3.26. The third-order valence-corrected chi connectivity index (χ3v) is 4.00. The van der Waals surface area contributed by atoms with Gasteiger partial charge in [0.15, 0.2) is 0 Å². The molecule has 100 valence electrons. The molecule has 1 aliphatic heterocycles. The molecule has 3 unspecified atom stereocenters. The first-order valence-corrected chi connectivity index (χ1v) is 7.17. The van der Waals surface area contributed by atoms with Gasteiger partial charge in [-0.15, -0.1) is 0 Å². The Morgan fingerprint density at radius 1 is 1.17 bits per heavy atom. The summed E-state index contributed by atoms with van der Waals surface area (Å²) in [5.41, 5.74) is 7.40. The van der Waals surface area contributed by atoms with E-state index >= 15 is 0 Å². The molecule has 1 saturated heterocycles. The smallest absolute Gasteiger partial charge is 0.0258 e. The molecule has 2 nitrogen and oxygen atoms in total. The molecule has 0 saturated carbocycles. The number of hydrogen-bond donors (Lipinski definition) is 1. The van der Waals surface area contributed by atoms with Crippen LogP contribution in [0.3, 0.4) is 0 Å². The summed E-state index contributed by atoms with van der Waals surface area (Å²) in [6.45, 7) is 7.89. The lowest BCUT2D eigenvalue weighted by molar-refractivity contribution is 0.0983. The summed E-state index contributed by atoms with van der Waals surface area (Å²) < 4.78 is 0. The molecule has 0 bridgehead atoms. The van der Waals surface area contributed by atoms with Gasteiger partial charge in [0, 0.05) is 25.7 Å². The van der Waals surface area contributed by atoms with Crippen molar-refractivity contribution < 1.29 is 0 Å². The average molecular weight is 246 g/mol. The molecule has 0 amide bonds. The predicted octanol–water partition coefficient (Wildman–Crippen LogP) is 2.53. The lowest BCUT2D eigenvalue weighted by Gasteiger charge is -2.40. The molecule has 18 heavy (non-hydrogen) atoms. The van der Waals surface area contributed by atoms with Crippen LogP contribution in [0.1, 0.15) is 25.8 Å². The summed E-state index contributed by atoms with van der Waals surface area (Å²) in [5.74, 6) is 1.61. The van der Waals surface area contributed by atoms with Gasteiger partial charge in [-0.05, 0) is 30.2 Å². The Hall–Kier alpha value is -0.860. The number of nitrogens with zero attached hydrogens (tertiary/aromatic N) is 1. The topological polar surface area (TPSA) is 29.3 Å². The second kappa shape index (κ2) is 6.35. The van der Waals surface area contributed by atoms with Crippen molar-refractivity contribution in [3.63, 3.8) is 0 Å². The molecular weight excluding hydrogens is 220 g/mol. The van der Waals surface area contributed by atoms with Crippen molar-refractivity contribution in [3.8, 4) is 0 Å². The SMILES string of the molecule is CC1CC(C)CN(C(CN)Cc2ccccc2)C1. The van der Waals surface area contributed by atoms with Gasteiger partial charge in [0.25, 0.3) is 0 Å². The molecule has 0 aliphatic carbocycles. The Labute approximate surface area is 111 Å². The second-order valence-corrected chi connectivity index (χ2v) is 5.98. The monoisotopic (exact) mass is 246 g/mol. The van der Waals surface area contributed by atoms with Crippen molar-refractivity contribution in [3.05, 3.63) is 35.9 Å². The van der Waals surface area contributed by atoms with E-state index in [1.165, 1.54) is 25.1 Å². The van der Waals surface area contributed by atoms with Gasteiger partial charge >= 0.3 is 0 Å². The fraction of sp³-hybridized carbons (Fsp3) is 0.625. The highest BCUT2D eigenvalue weighted by atomic mass is 15.2.